The van der Waals surface area contributed by atoms with Crippen molar-refractivity contribution in [3.05, 3.63) is 63.6 Å². The third-order valence-corrected chi connectivity index (χ3v) is 4.74. The number of nitrogens with one attached hydrogen (secondary N) is 1. The first kappa shape index (κ1) is 13.4. The van der Waals surface area contributed by atoms with Crippen molar-refractivity contribution in [2.45, 2.75) is 19.8 Å². The van der Waals surface area contributed by atoms with Gasteiger partial charge in [0, 0.05) is 16.1 Å². The van der Waals surface area contributed by atoms with Gasteiger partial charge in [-0.25, -0.2) is 0 Å². The van der Waals surface area contributed by atoms with E-state index in [1.807, 2.05) is 37.3 Å². The second-order valence-corrected chi connectivity index (χ2v) is 6.18. The number of benzene rings is 2. The van der Waals surface area contributed by atoms with Crippen molar-refractivity contribution in [3.8, 4) is 0 Å². The van der Waals surface area contributed by atoms with Gasteiger partial charge in [-0.3, -0.25) is 4.79 Å². The molecule has 0 unspecified atom stereocenters. The highest BCUT2D eigenvalue weighted by molar-refractivity contribution is 9.10. The van der Waals surface area contributed by atoms with Gasteiger partial charge in [-0.2, -0.15) is 0 Å². The fraction of sp³-hybridized carbons (Fsp3) is 0.235. The molecule has 0 atom stereocenters. The Balaban J connectivity index is 1.71. The van der Waals surface area contributed by atoms with E-state index in [0.29, 0.717) is 0 Å². The molecule has 0 aromatic heterocycles. The molecule has 1 aliphatic carbocycles. The number of aryl methyl sites for hydroxylation is 1. The van der Waals surface area contributed by atoms with Gasteiger partial charge in [-0.15, -0.1) is 0 Å². The lowest BCUT2D eigenvalue weighted by molar-refractivity contribution is -0.119. The zero-order valence-electron chi connectivity index (χ0n) is 11.3. The molecule has 0 radical (unpaired) electrons. The zero-order chi connectivity index (χ0) is 14.1. The molecule has 20 heavy (non-hydrogen) atoms. The molecule has 0 spiro atoms. The van der Waals surface area contributed by atoms with E-state index in [1.54, 1.807) is 0 Å². The zero-order valence-corrected chi connectivity index (χ0v) is 12.9. The molecule has 1 N–H and O–H groups in total. The van der Waals surface area contributed by atoms with Crippen LogP contribution in [0.2, 0.25) is 0 Å². The van der Waals surface area contributed by atoms with E-state index < -0.39 is 0 Å². The van der Waals surface area contributed by atoms with E-state index in [1.165, 1.54) is 11.1 Å². The average molecular weight is 330 g/mol. The lowest BCUT2D eigenvalue weighted by atomic mass is 10.1. The number of rotatable bonds is 2. The summed E-state index contributed by atoms with van der Waals surface area (Å²) >= 11 is 3.47. The minimum atomic E-state index is 0.0522. The Bertz CT molecular complexity index is 641. The predicted molar refractivity (Wildman–Crippen MR) is 84.8 cm³/mol. The minimum absolute atomic E-state index is 0.0522. The van der Waals surface area contributed by atoms with E-state index in [9.17, 15) is 4.79 Å². The Morgan fingerprint density at radius 3 is 2.40 bits per heavy atom. The first-order chi connectivity index (χ1) is 9.63. The molecule has 0 fully saturated rings. The van der Waals surface area contributed by atoms with Crippen LogP contribution < -0.4 is 5.32 Å². The third-order valence-electron chi connectivity index (χ3n) is 3.85. The Kier molecular flexibility index (Phi) is 3.62. The Labute approximate surface area is 127 Å². The van der Waals surface area contributed by atoms with Crippen LogP contribution in [0.4, 0.5) is 5.69 Å². The van der Waals surface area contributed by atoms with Gasteiger partial charge >= 0.3 is 0 Å². The highest BCUT2D eigenvalue weighted by atomic mass is 79.9. The molecule has 2 aromatic rings. The van der Waals surface area contributed by atoms with Gasteiger partial charge in [0.2, 0.25) is 5.91 Å². The van der Waals surface area contributed by atoms with Crippen LogP contribution in [0.15, 0.2) is 46.9 Å². The quantitative estimate of drug-likeness (QED) is 0.882. The number of carbonyl (C=O) groups is 1. The smallest absolute Gasteiger partial charge is 0.228 e. The number of anilines is 1. The van der Waals surface area contributed by atoms with Crippen molar-refractivity contribution in [3.63, 3.8) is 0 Å². The highest BCUT2D eigenvalue weighted by Gasteiger charge is 2.26. The van der Waals surface area contributed by atoms with Crippen molar-refractivity contribution in [2.24, 2.45) is 5.92 Å². The number of amides is 1. The SMILES string of the molecule is Cc1cc(NC(=O)C2Cc3ccccc3C2)ccc1Br. The van der Waals surface area contributed by atoms with Gasteiger partial charge in [0.15, 0.2) is 0 Å². The van der Waals surface area contributed by atoms with Gasteiger partial charge in [-0.1, -0.05) is 40.2 Å². The maximum atomic E-state index is 12.4. The van der Waals surface area contributed by atoms with Gasteiger partial charge in [-0.05, 0) is 54.7 Å². The van der Waals surface area contributed by atoms with Gasteiger partial charge in [0.25, 0.3) is 0 Å². The molecule has 0 saturated heterocycles. The average Bonchev–Trinajstić information content (AvgIpc) is 2.87. The van der Waals surface area contributed by atoms with Gasteiger partial charge in [0.1, 0.15) is 0 Å². The molecule has 1 aliphatic rings. The molecule has 2 aromatic carbocycles. The minimum Gasteiger partial charge on any atom is -0.326 e. The summed E-state index contributed by atoms with van der Waals surface area (Å²) in [6.07, 6.45) is 1.69. The van der Waals surface area contributed by atoms with E-state index in [4.69, 9.17) is 0 Å². The second-order valence-electron chi connectivity index (χ2n) is 5.33. The largest absolute Gasteiger partial charge is 0.326 e. The topological polar surface area (TPSA) is 29.1 Å². The molecule has 0 bridgehead atoms. The number of fused-ring (bicyclic) bond motifs is 1. The van der Waals surface area contributed by atoms with Crippen LogP contribution >= 0.6 is 15.9 Å². The molecule has 3 heteroatoms. The summed E-state index contributed by atoms with van der Waals surface area (Å²) in [5.41, 5.74) is 4.60. The Morgan fingerprint density at radius 2 is 1.80 bits per heavy atom. The third kappa shape index (κ3) is 2.63. The fourth-order valence-electron chi connectivity index (χ4n) is 2.71. The van der Waals surface area contributed by atoms with Crippen molar-refractivity contribution in [2.75, 3.05) is 5.32 Å². The summed E-state index contributed by atoms with van der Waals surface area (Å²) in [5.74, 6) is 0.166. The summed E-state index contributed by atoms with van der Waals surface area (Å²) in [6.45, 7) is 2.02. The Hall–Kier alpha value is -1.61. The monoisotopic (exact) mass is 329 g/mol. The summed E-state index contributed by atoms with van der Waals surface area (Å²) in [6, 6.07) is 14.2. The predicted octanol–water partition coefficient (Wildman–Crippen LogP) is 4.11. The first-order valence-corrected chi connectivity index (χ1v) is 7.56. The maximum Gasteiger partial charge on any atom is 0.228 e. The number of halogens is 1. The molecular formula is C17H16BrNO. The summed E-state index contributed by atoms with van der Waals surface area (Å²) in [5, 5.41) is 3.03. The Morgan fingerprint density at radius 1 is 1.15 bits per heavy atom. The van der Waals surface area contributed by atoms with Crippen LogP contribution in [0.5, 0.6) is 0 Å². The van der Waals surface area contributed by atoms with Crippen molar-refractivity contribution < 1.29 is 4.79 Å². The molecule has 0 heterocycles. The lowest BCUT2D eigenvalue weighted by Gasteiger charge is -2.11. The van der Waals surface area contributed by atoms with Crippen LogP contribution in [-0.4, -0.2) is 5.91 Å². The van der Waals surface area contributed by atoms with E-state index in [2.05, 4.69) is 33.4 Å². The van der Waals surface area contributed by atoms with Crippen molar-refractivity contribution in [1.82, 2.24) is 0 Å². The lowest BCUT2D eigenvalue weighted by Crippen LogP contribution is -2.23. The van der Waals surface area contributed by atoms with Crippen LogP contribution in [0.1, 0.15) is 16.7 Å². The van der Waals surface area contributed by atoms with Crippen LogP contribution in [0.25, 0.3) is 0 Å². The van der Waals surface area contributed by atoms with Crippen molar-refractivity contribution >= 4 is 27.5 Å². The van der Waals surface area contributed by atoms with E-state index >= 15 is 0 Å². The summed E-state index contributed by atoms with van der Waals surface area (Å²) in [4.78, 5) is 12.4. The van der Waals surface area contributed by atoms with E-state index in [0.717, 1.165) is 28.6 Å². The van der Waals surface area contributed by atoms with Gasteiger partial charge < -0.3 is 5.32 Å². The molecule has 102 valence electrons. The number of hydrogen-bond acceptors (Lipinski definition) is 1. The standard InChI is InChI=1S/C17H16BrNO/c1-11-8-15(6-7-16(11)18)19-17(20)14-9-12-4-2-3-5-13(12)10-14/h2-8,14H,9-10H2,1H3,(H,19,20). The molecular weight excluding hydrogens is 314 g/mol. The molecule has 1 amide bonds. The maximum absolute atomic E-state index is 12.4. The number of carbonyl (C=O) groups excluding carboxylic acids is 1. The molecule has 0 saturated carbocycles. The van der Waals surface area contributed by atoms with Crippen molar-refractivity contribution in [1.29, 1.82) is 0 Å². The first-order valence-electron chi connectivity index (χ1n) is 6.77. The molecule has 0 aliphatic heterocycles. The normalized spacial score (nSPS) is 14.1. The van der Waals surface area contributed by atoms with Crippen LogP contribution in [-0.2, 0) is 17.6 Å². The highest BCUT2D eigenvalue weighted by Crippen LogP contribution is 2.28. The fourth-order valence-corrected chi connectivity index (χ4v) is 2.96. The number of hydrogen-bond donors (Lipinski definition) is 1. The molecule has 3 rings (SSSR count). The molecule has 2 nitrogen and oxygen atoms in total. The second kappa shape index (κ2) is 5.41. The summed E-state index contributed by atoms with van der Waals surface area (Å²) < 4.78 is 1.06. The van der Waals surface area contributed by atoms with Gasteiger partial charge in [0.05, 0.1) is 0 Å². The summed E-state index contributed by atoms with van der Waals surface area (Å²) in [7, 11) is 0. The van der Waals surface area contributed by atoms with Crippen LogP contribution in [0.3, 0.4) is 0 Å². The van der Waals surface area contributed by atoms with E-state index in [-0.39, 0.29) is 11.8 Å². The van der Waals surface area contributed by atoms with Crippen LogP contribution in [0, 0.1) is 12.8 Å².